The van der Waals surface area contributed by atoms with Crippen molar-refractivity contribution in [3.63, 3.8) is 0 Å². The molecule has 0 spiro atoms. The van der Waals surface area contributed by atoms with Crippen molar-refractivity contribution in [2.24, 2.45) is 5.73 Å². The molecule has 1 aromatic carbocycles. The van der Waals surface area contributed by atoms with Gasteiger partial charge in [-0.3, -0.25) is 0 Å². The topological polar surface area (TPSA) is 64.7 Å². The van der Waals surface area contributed by atoms with Crippen molar-refractivity contribution < 1.29 is 14.6 Å². The Bertz CT molecular complexity index is 315. The number of aliphatic hydroxyl groups excluding tert-OH is 1. The molecule has 0 bridgehead atoms. The van der Waals surface area contributed by atoms with Gasteiger partial charge in [-0.05, 0) is 19.1 Å². The Morgan fingerprint density at radius 1 is 1.40 bits per heavy atom. The van der Waals surface area contributed by atoms with Crippen molar-refractivity contribution in [2.45, 2.75) is 13.0 Å². The van der Waals surface area contributed by atoms with Crippen LogP contribution < -0.4 is 15.2 Å². The molecule has 0 fully saturated rings. The van der Waals surface area contributed by atoms with Crippen molar-refractivity contribution in [3.05, 3.63) is 23.8 Å². The summed E-state index contributed by atoms with van der Waals surface area (Å²) < 4.78 is 10.6. The summed E-state index contributed by atoms with van der Waals surface area (Å²) in [6.45, 7) is 2.30. The van der Waals surface area contributed by atoms with E-state index in [0.717, 1.165) is 11.3 Å². The number of benzene rings is 1. The van der Waals surface area contributed by atoms with Crippen molar-refractivity contribution >= 4 is 0 Å². The molecule has 0 aromatic heterocycles. The monoisotopic (exact) mass is 211 g/mol. The second kappa shape index (κ2) is 5.58. The molecular formula is C11H17NO3. The molecule has 0 heterocycles. The van der Waals surface area contributed by atoms with Crippen LogP contribution in [0, 0.1) is 6.92 Å². The predicted molar refractivity (Wildman–Crippen MR) is 58.3 cm³/mol. The zero-order valence-corrected chi connectivity index (χ0v) is 9.06. The number of rotatable bonds is 5. The van der Waals surface area contributed by atoms with Gasteiger partial charge in [-0.15, -0.1) is 0 Å². The molecule has 0 saturated carbocycles. The molecule has 4 nitrogen and oxygen atoms in total. The van der Waals surface area contributed by atoms with Gasteiger partial charge in [0.15, 0.2) is 0 Å². The molecule has 0 saturated heterocycles. The Kier molecular flexibility index (Phi) is 4.39. The van der Waals surface area contributed by atoms with E-state index in [1.54, 1.807) is 7.11 Å². The van der Waals surface area contributed by atoms with Gasteiger partial charge in [-0.25, -0.2) is 0 Å². The lowest BCUT2D eigenvalue weighted by Gasteiger charge is -2.13. The van der Waals surface area contributed by atoms with E-state index < -0.39 is 6.10 Å². The fourth-order valence-corrected chi connectivity index (χ4v) is 1.23. The van der Waals surface area contributed by atoms with Crippen LogP contribution in [-0.2, 0) is 0 Å². The highest BCUT2D eigenvalue weighted by atomic mass is 16.5. The first kappa shape index (κ1) is 11.8. The Labute approximate surface area is 89.6 Å². The van der Waals surface area contributed by atoms with Gasteiger partial charge >= 0.3 is 0 Å². The van der Waals surface area contributed by atoms with Gasteiger partial charge < -0.3 is 20.3 Å². The van der Waals surface area contributed by atoms with Crippen LogP contribution in [-0.4, -0.2) is 31.5 Å². The van der Waals surface area contributed by atoms with Crippen LogP contribution in [0.5, 0.6) is 11.5 Å². The predicted octanol–water partition coefficient (Wildman–Crippen LogP) is 0.702. The van der Waals surface area contributed by atoms with Gasteiger partial charge in [-0.2, -0.15) is 0 Å². The Morgan fingerprint density at radius 3 is 2.67 bits per heavy atom. The quantitative estimate of drug-likeness (QED) is 0.752. The molecule has 0 aliphatic carbocycles. The van der Waals surface area contributed by atoms with E-state index in [1.165, 1.54) is 0 Å². The zero-order chi connectivity index (χ0) is 11.3. The van der Waals surface area contributed by atoms with Gasteiger partial charge in [0.25, 0.3) is 0 Å². The summed E-state index contributed by atoms with van der Waals surface area (Å²) in [5.74, 6) is 1.48. The van der Waals surface area contributed by atoms with Crippen molar-refractivity contribution in [2.75, 3.05) is 20.3 Å². The van der Waals surface area contributed by atoms with E-state index in [0.29, 0.717) is 5.75 Å². The molecule has 0 aliphatic rings. The first-order valence-electron chi connectivity index (χ1n) is 4.83. The second-order valence-corrected chi connectivity index (χ2v) is 3.28. The SMILES string of the molecule is COc1cccc(OC[C@H](O)CN)c1C. The largest absolute Gasteiger partial charge is 0.496 e. The lowest BCUT2D eigenvalue weighted by Crippen LogP contribution is -2.26. The summed E-state index contributed by atoms with van der Waals surface area (Å²) in [6, 6.07) is 5.54. The number of nitrogens with two attached hydrogens (primary N) is 1. The zero-order valence-electron chi connectivity index (χ0n) is 9.06. The number of methoxy groups -OCH3 is 1. The van der Waals surface area contributed by atoms with Gasteiger partial charge in [0.2, 0.25) is 0 Å². The van der Waals surface area contributed by atoms with Gasteiger partial charge in [0.1, 0.15) is 24.2 Å². The first-order chi connectivity index (χ1) is 7.19. The molecule has 1 aromatic rings. The highest BCUT2D eigenvalue weighted by molar-refractivity contribution is 5.43. The molecular weight excluding hydrogens is 194 g/mol. The van der Waals surface area contributed by atoms with Crippen molar-refractivity contribution in [1.82, 2.24) is 0 Å². The second-order valence-electron chi connectivity index (χ2n) is 3.28. The average molecular weight is 211 g/mol. The lowest BCUT2D eigenvalue weighted by atomic mass is 10.2. The maximum atomic E-state index is 9.26. The maximum Gasteiger partial charge on any atom is 0.126 e. The number of aliphatic hydroxyl groups is 1. The van der Waals surface area contributed by atoms with E-state index in [-0.39, 0.29) is 13.2 Å². The molecule has 0 amide bonds. The molecule has 84 valence electrons. The van der Waals surface area contributed by atoms with Crippen LogP contribution in [0.4, 0.5) is 0 Å². The summed E-state index contributed by atoms with van der Waals surface area (Å²) in [5, 5.41) is 9.26. The summed E-state index contributed by atoms with van der Waals surface area (Å²) in [6.07, 6.45) is -0.629. The molecule has 3 N–H and O–H groups in total. The standard InChI is InChI=1S/C11H17NO3/c1-8-10(14-2)4-3-5-11(8)15-7-9(13)6-12/h3-5,9,13H,6-7,12H2,1-2H3/t9-/m1/s1. The minimum atomic E-state index is -0.629. The molecule has 1 atom stereocenters. The summed E-state index contributed by atoms with van der Waals surface area (Å²) in [5.41, 5.74) is 6.20. The average Bonchev–Trinajstić information content (AvgIpc) is 2.27. The minimum Gasteiger partial charge on any atom is -0.496 e. The van der Waals surface area contributed by atoms with Crippen molar-refractivity contribution in [1.29, 1.82) is 0 Å². The molecule has 1 rings (SSSR count). The molecule has 0 aliphatic heterocycles. The summed E-state index contributed by atoms with van der Waals surface area (Å²) in [7, 11) is 1.61. The van der Waals surface area contributed by atoms with Gasteiger partial charge in [0.05, 0.1) is 7.11 Å². The summed E-state index contributed by atoms with van der Waals surface area (Å²) in [4.78, 5) is 0. The fraction of sp³-hybridized carbons (Fsp3) is 0.455. The third-order valence-corrected chi connectivity index (χ3v) is 2.16. The van der Waals surface area contributed by atoms with E-state index in [4.69, 9.17) is 15.2 Å². The van der Waals surface area contributed by atoms with Gasteiger partial charge in [-0.1, -0.05) is 6.07 Å². The molecule has 0 unspecified atom stereocenters. The Morgan fingerprint density at radius 2 is 2.07 bits per heavy atom. The smallest absolute Gasteiger partial charge is 0.126 e. The van der Waals surface area contributed by atoms with Crippen LogP contribution in [0.15, 0.2) is 18.2 Å². The highest BCUT2D eigenvalue weighted by Gasteiger charge is 2.07. The molecule has 0 radical (unpaired) electrons. The molecule has 4 heteroatoms. The fourth-order valence-electron chi connectivity index (χ4n) is 1.23. The minimum absolute atomic E-state index is 0.197. The Hall–Kier alpha value is -1.26. The number of ether oxygens (including phenoxy) is 2. The molecule has 15 heavy (non-hydrogen) atoms. The normalized spacial score (nSPS) is 12.3. The third kappa shape index (κ3) is 3.11. The van der Waals surface area contributed by atoms with E-state index in [2.05, 4.69) is 0 Å². The first-order valence-corrected chi connectivity index (χ1v) is 4.83. The van der Waals surface area contributed by atoms with E-state index in [1.807, 2.05) is 25.1 Å². The summed E-state index contributed by atoms with van der Waals surface area (Å²) >= 11 is 0. The van der Waals surface area contributed by atoms with Crippen molar-refractivity contribution in [3.8, 4) is 11.5 Å². The van der Waals surface area contributed by atoms with Crippen LogP contribution >= 0.6 is 0 Å². The van der Waals surface area contributed by atoms with Crippen LogP contribution in [0.2, 0.25) is 0 Å². The van der Waals surface area contributed by atoms with E-state index >= 15 is 0 Å². The third-order valence-electron chi connectivity index (χ3n) is 2.16. The number of hydrogen-bond acceptors (Lipinski definition) is 4. The Balaban J connectivity index is 2.68. The highest BCUT2D eigenvalue weighted by Crippen LogP contribution is 2.26. The maximum absolute atomic E-state index is 9.26. The van der Waals surface area contributed by atoms with Crippen LogP contribution in [0.1, 0.15) is 5.56 Å². The van der Waals surface area contributed by atoms with Gasteiger partial charge in [0, 0.05) is 12.1 Å². The van der Waals surface area contributed by atoms with Crippen LogP contribution in [0.25, 0.3) is 0 Å². The lowest BCUT2D eigenvalue weighted by molar-refractivity contribution is 0.113. The number of hydrogen-bond donors (Lipinski definition) is 2. The van der Waals surface area contributed by atoms with E-state index in [9.17, 15) is 5.11 Å². The van der Waals surface area contributed by atoms with Crippen LogP contribution in [0.3, 0.4) is 0 Å².